The van der Waals surface area contributed by atoms with Gasteiger partial charge in [0.25, 0.3) is 0 Å². The van der Waals surface area contributed by atoms with Gasteiger partial charge in [-0.3, -0.25) is 0 Å². The molecule has 0 aliphatic rings. The van der Waals surface area contributed by atoms with Gasteiger partial charge in [-0.25, -0.2) is 14.2 Å². The van der Waals surface area contributed by atoms with Crippen molar-refractivity contribution >= 4 is 6.08 Å². The molecule has 0 bridgehead atoms. The molecule has 0 aromatic heterocycles. The van der Waals surface area contributed by atoms with Crippen LogP contribution in [0.15, 0.2) is 17.1 Å². The van der Waals surface area contributed by atoms with Crippen molar-refractivity contribution in [2.24, 2.45) is 4.99 Å². The highest BCUT2D eigenvalue weighted by Crippen LogP contribution is 2.26. The maximum Gasteiger partial charge on any atom is 0.235 e. The fourth-order valence-corrected chi connectivity index (χ4v) is 1.23. The summed E-state index contributed by atoms with van der Waals surface area (Å²) in [5.41, 5.74) is 1.41. The Balaban J connectivity index is 3.21. The van der Waals surface area contributed by atoms with Gasteiger partial charge in [0.1, 0.15) is 0 Å². The van der Waals surface area contributed by atoms with Crippen LogP contribution < -0.4 is 4.74 Å². The first kappa shape index (κ1) is 10.4. The molecule has 0 aliphatic carbocycles. The molecule has 0 saturated carbocycles. The van der Waals surface area contributed by atoms with Crippen molar-refractivity contribution in [2.75, 3.05) is 7.11 Å². The molecule has 0 unspecified atom stereocenters. The number of benzene rings is 1. The third-order valence-corrected chi connectivity index (χ3v) is 1.95. The van der Waals surface area contributed by atoms with Gasteiger partial charge in [-0.1, -0.05) is 6.07 Å². The summed E-state index contributed by atoms with van der Waals surface area (Å²) in [7, 11) is 1.38. The van der Waals surface area contributed by atoms with Crippen molar-refractivity contribution in [1.82, 2.24) is 0 Å². The second-order valence-electron chi connectivity index (χ2n) is 2.78. The normalized spacial score (nSPS) is 9.36. The van der Waals surface area contributed by atoms with Crippen LogP contribution in [0.3, 0.4) is 0 Å². The van der Waals surface area contributed by atoms with Crippen LogP contribution in [0.4, 0.5) is 4.39 Å². The van der Waals surface area contributed by atoms with Gasteiger partial charge in [0, 0.05) is 5.56 Å². The lowest BCUT2D eigenvalue weighted by Crippen LogP contribution is -1.97. The highest BCUT2D eigenvalue weighted by molar-refractivity contribution is 5.42. The van der Waals surface area contributed by atoms with Gasteiger partial charge in [0.05, 0.1) is 13.7 Å². The highest BCUT2D eigenvalue weighted by Gasteiger charge is 2.10. The van der Waals surface area contributed by atoms with Crippen LogP contribution in [0.2, 0.25) is 0 Å². The lowest BCUT2D eigenvalue weighted by Gasteiger charge is -2.09. The summed E-state index contributed by atoms with van der Waals surface area (Å²) in [6.45, 7) is 1.90. The summed E-state index contributed by atoms with van der Waals surface area (Å²) in [4.78, 5) is 13.3. The predicted molar refractivity (Wildman–Crippen MR) is 49.5 cm³/mol. The number of ether oxygens (including phenoxy) is 1. The lowest BCUT2D eigenvalue weighted by atomic mass is 10.1. The van der Waals surface area contributed by atoms with Gasteiger partial charge in [0.2, 0.25) is 6.08 Å². The minimum absolute atomic E-state index is 0.0935. The molecule has 0 spiro atoms. The molecular formula is C10H10FNO2. The first-order chi connectivity index (χ1) is 6.70. The Labute approximate surface area is 81.2 Å². The van der Waals surface area contributed by atoms with Crippen molar-refractivity contribution in [3.8, 4) is 5.75 Å². The fourth-order valence-electron chi connectivity index (χ4n) is 1.23. The molecule has 14 heavy (non-hydrogen) atoms. The zero-order valence-electron chi connectivity index (χ0n) is 8.00. The van der Waals surface area contributed by atoms with Crippen molar-refractivity contribution in [3.05, 3.63) is 29.1 Å². The van der Waals surface area contributed by atoms with Crippen LogP contribution in [0.1, 0.15) is 11.1 Å². The van der Waals surface area contributed by atoms with E-state index in [1.807, 2.05) is 0 Å². The molecule has 0 atom stereocenters. The number of aliphatic imine (C=N–C) groups is 1. The van der Waals surface area contributed by atoms with E-state index in [4.69, 9.17) is 4.74 Å². The largest absolute Gasteiger partial charge is 0.493 e. The molecule has 0 N–H and O–H groups in total. The molecule has 1 aromatic carbocycles. The Morgan fingerprint density at radius 1 is 1.57 bits per heavy atom. The Hall–Kier alpha value is -1.67. The number of halogens is 1. The molecule has 3 nitrogen and oxygen atoms in total. The number of aryl methyl sites for hydroxylation is 1. The minimum Gasteiger partial charge on any atom is -0.493 e. The van der Waals surface area contributed by atoms with Gasteiger partial charge in [-0.05, 0) is 18.6 Å². The van der Waals surface area contributed by atoms with E-state index in [1.165, 1.54) is 19.3 Å². The van der Waals surface area contributed by atoms with Gasteiger partial charge in [-0.15, -0.1) is 0 Å². The number of carbonyl (C=O) groups excluding carboxylic acids is 1. The average molecular weight is 195 g/mol. The maximum atomic E-state index is 13.2. The molecule has 0 aliphatic heterocycles. The van der Waals surface area contributed by atoms with E-state index >= 15 is 0 Å². The topological polar surface area (TPSA) is 38.7 Å². The second-order valence-corrected chi connectivity index (χ2v) is 2.78. The van der Waals surface area contributed by atoms with E-state index in [0.717, 1.165) is 5.56 Å². The Morgan fingerprint density at radius 3 is 2.86 bits per heavy atom. The number of isocyanates is 1. The van der Waals surface area contributed by atoms with Gasteiger partial charge < -0.3 is 4.74 Å². The standard InChI is InChI=1S/C10H10FNO2/c1-7-3-4-9(11)10(14-2)8(7)5-12-6-13/h3-4H,5H2,1-2H3. The van der Waals surface area contributed by atoms with E-state index < -0.39 is 5.82 Å². The number of hydrogen-bond donors (Lipinski definition) is 0. The van der Waals surface area contributed by atoms with Crippen LogP contribution in [0.25, 0.3) is 0 Å². The summed E-state index contributed by atoms with van der Waals surface area (Å²) >= 11 is 0. The molecule has 0 radical (unpaired) electrons. The molecule has 0 heterocycles. The zero-order chi connectivity index (χ0) is 10.6. The third-order valence-electron chi connectivity index (χ3n) is 1.95. The van der Waals surface area contributed by atoms with Crippen LogP contribution in [-0.4, -0.2) is 13.2 Å². The van der Waals surface area contributed by atoms with Gasteiger partial charge in [-0.2, -0.15) is 0 Å². The molecule has 0 fully saturated rings. The Kier molecular flexibility index (Phi) is 3.37. The Bertz CT molecular complexity index is 384. The van der Waals surface area contributed by atoms with E-state index in [1.54, 1.807) is 13.0 Å². The van der Waals surface area contributed by atoms with Gasteiger partial charge >= 0.3 is 0 Å². The molecule has 0 saturated heterocycles. The van der Waals surface area contributed by atoms with E-state index in [9.17, 15) is 9.18 Å². The second kappa shape index (κ2) is 4.53. The Morgan fingerprint density at radius 2 is 2.29 bits per heavy atom. The zero-order valence-corrected chi connectivity index (χ0v) is 8.00. The number of methoxy groups -OCH3 is 1. The molecule has 4 heteroatoms. The summed E-state index contributed by atoms with van der Waals surface area (Å²) in [5.74, 6) is -0.307. The number of hydrogen-bond acceptors (Lipinski definition) is 3. The van der Waals surface area contributed by atoms with Crippen molar-refractivity contribution < 1.29 is 13.9 Å². The fraction of sp³-hybridized carbons (Fsp3) is 0.300. The van der Waals surface area contributed by atoms with Crippen molar-refractivity contribution in [2.45, 2.75) is 13.5 Å². The minimum atomic E-state index is -0.450. The number of nitrogens with zero attached hydrogens (tertiary/aromatic N) is 1. The molecule has 1 aromatic rings. The molecule has 74 valence electrons. The summed E-state index contributed by atoms with van der Waals surface area (Å²) < 4.78 is 18.1. The van der Waals surface area contributed by atoms with Crippen molar-refractivity contribution in [1.29, 1.82) is 0 Å². The van der Waals surface area contributed by atoms with Gasteiger partial charge in [0.15, 0.2) is 11.6 Å². The monoisotopic (exact) mass is 195 g/mol. The van der Waals surface area contributed by atoms with Crippen LogP contribution in [0.5, 0.6) is 5.75 Å². The molecule has 0 amide bonds. The lowest BCUT2D eigenvalue weighted by molar-refractivity contribution is 0.381. The van der Waals surface area contributed by atoms with E-state index in [-0.39, 0.29) is 12.3 Å². The maximum absolute atomic E-state index is 13.2. The van der Waals surface area contributed by atoms with Crippen LogP contribution in [-0.2, 0) is 11.3 Å². The van der Waals surface area contributed by atoms with E-state index in [2.05, 4.69) is 4.99 Å². The average Bonchev–Trinajstić information content (AvgIpc) is 2.19. The third kappa shape index (κ3) is 1.98. The number of rotatable bonds is 3. The first-order valence-electron chi connectivity index (χ1n) is 4.06. The predicted octanol–water partition coefficient (Wildman–Crippen LogP) is 1.98. The summed E-state index contributed by atoms with van der Waals surface area (Å²) in [6.07, 6.45) is 1.41. The smallest absolute Gasteiger partial charge is 0.235 e. The van der Waals surface area contributed by atoms with Crippen LogP contribution in [0, 0.1) is 12.7 Å². The molecular weight excluding hydrogens is 185 g/mol. The highest BCUT2D eigenvalue weighted by atomic mass is 19.1. The van der Waals surface area contributed by atoms with Crippen molar-refractivity contribution in [3.63, 3.8) is 0 Å². The van der Waals surface area contributed by atoms with Crippen LogP contribution >= 0.6 is 0 Å². The summed E-state index contributed by atoms with van der Waals surface area (Å²) in [6, 6.07) is 2.94. The first-order valence-corrected chi connectivity index (χ1v) is 4.06. The molecule has 1 rings (SSSR count). The SMILES string of the molecule is COc1c(F)ccc(C)c1CN=C=O. The van der Waals surface area contributed by atoms with E-state index in [0.29, 0.717) is 5.56 Å². The summed E-state index contributed by atoms with van der Waals surface area (Å²) in [5, 5.41) is 0. The quantitative estimate of drug-likeness (QED) is 0.546.